The van der Waals surface area contributed by atoms with Gasteiger partial charge in [-0.3, -0.25) is 19.2 Å². The van der Waals surface area contributed by atoms with Gasteiger partial charge in [-0.25, -0.2) is 0 Å². The Kier molecular flexibility index (Phi) is 11.8. The third-order valence-corrected chi connectivity index (χ3v) is 6.50. The summed E-state index contributed by atoms with van der Waals surface area (Å²) in [6, 6.07) is 11.8. The Morgan fingerprint density at radius 3 is 2.35 bits per heavy atom. The van der Waals surface area contributed by atoms with Crippen LogP contribution in [0.5, 0.6) is 5.75 Å². The number of carbonyl (C=O) groups excluding carboxylic acids is 3. The highest BCUT2D eigenvalue weighted by molar-refractivity contribution is 7.99. The first-order valence-electron chi connectivity index (χ1n) is 11.7. The Labute approximate surface area is 219 Å². The summed E-state index contributed by atoms with van der Waals surface area (Å²) >= 11 is 1.32. The lowest BCUT2D eigenvalue weighted by molar-refractivity contribution is -0.380. The van der Waals surface area contributed by atoms with E-state index in [4.69, 9.17) is 4.74 Å². The monoisotopic (exact) mass is 530 g/mol. The highest BCUT2D eigenvalue weighted by Crippen LogP contribution is 2.19. The number of hydrogen-bond donors (Lipinski definition) is 4. The molecule has 2 amide bonds. The van der Waals surface area contributed by atoms with E-state index in [2.05, 4.69) is 10.6 Å². The van der Waals surface area contributed by atoms with Gasteiger partial charge < -0.3 is 20.5 Å². The molecule has 0 fully saturated rings. The van der Waals surface area contributed by atoms with E-state index in [9.17, 15) is 29.2 Å². The Morgan fingerprint density at radius 2 is 1.76 bits per heavy atom. The van der Waals surface area contributed by atoms with Crippen LogP contribution in [0.3, 0.4) is 0 Å². The second-order valence-electron chi connectivity index (χ2n) is 8.69. The van der Waals surface area contributed by atoms with Gasteiger partial charge in [-0.2, -0.15) is 0 Å². The van der Waals surface area contributed by atoms with E-state index in [1.54, 1.807) is 31.2 Å². The summed E-state index contributed by atoms with van der Waals surface area (Å²) in [5, 5.41) is 16.2. The highest BCUT2D eigenvalue weighted by atomic mass is 32.2. The molecule has 0 aromatic heterocycles. The van der Waals surface area contributed by atoms with Crippen molar-refractivity contribution in [2.75, 3.05) is 12.9 Å². The van der Waals surface area contributed by atoms with Crippen LogP contribution in [0.1, 0.15) is 31.4 Å². The summed E-state index contributed by atoms with van der Waals surface area (Å²) < 4.78 is 5.14. The van der Waals surface area contributed by atoms with Crippen molar-refractivity contribution in [2.45, 2.75) is 44.5 Å². The standard InChI is InChI=1S/C26H31N3O7S/c1-16(2)25(28-23(31)12-18-11-19(36-3)9-10-20(18)29-35)26(34)27-21(13-24(32)33)22(30)15-37-14-17-7-5-4-6-8-17/h4-11,16,21,25H,12-15H2,1-3H3,(H,27,34)(H,28,31)(H,32,33)/p+1. The lowest BCUT2D eigenvalue weighted by Crippen LogP contribution is -2.57. The molecule has 11 heteroatoms. The molecule has 0 spiro atoms. The SMILES string of the molecule is COc1ccc([NH+]=O)c(CC(=O)NC(C(=O)NC(CC(=O)O)C(=O)CSCc2ccccc2)C(C)C)c1. The van der Waals surface area contributed by atoms with E-state index in [1.807, 2.05) is 30.3 Å². The van der Waals surface area contributed by atoms with Gasteiger partial charge in [0, 0.05) is 27.5 Å². The van der Waals surface area contributed by atoms with Crippen molar-refractivity contribution in [1.82, 2.24) is 10.6 Å². The van der Waals surface area contributed by atoms with E-state index >= 15 is 0 Å². The summed E-state index contributed by atoms with van der Waals surface area (Å²) in [6.45, 7) is 3.43. The first kappa shape index (κ1) is 29.5. The van der Waals surface area contributed by atoms with Crippen LogP contribution in [0.15, 0.2) is 48.5 Å². The maximum absolute atomic E-state index is 13.0. The quantitative estimate of drug-likeness (QED) is 0.269. The maximum Gasteiger partial charge on any atom is 0.305 e. The van der Waals surface area contributed by atoms with Crippen molar-refractivity contribution in [1.29, 1.82) is 0 Å². The molecule has 2 unspecified atom stereocenters. The summed E-state index contributed by atoms with van der Waals surface area (Å²) in [5.74, 6) is -2.16. The van der Waals surface area contributed by atoms with Crippen molar-refractivity contribution < 1.29 is 34.2 Å². The smallest absolute Gasteiger partial charge is 0.305 e. The van der Waals surface area contributed by atoms with Crippen molar-refractivity contribution in [2.24, 2.45) is 5.92 Å². The molecule has 0 aliphatic heterocycles. The molecular formula is C26H32N3O7S+. The lowest BCUT2D eigenvalue weighted by Gasteiger charge is -2.24. The number of rotatable bonds is 15. The molecule has 0 radical (unpaired) electrons. The Morgan fingerprint density at radius 1 is 1.05 bits per heavy atom. The minimum Gasteiger partial charge on any atom is -0.497 e. The van der Waals surface area contributed by atoms with Crippen LogP contribution in [0.2, 0.25) is 0 Å². The van der Waals surface area contributed by atoms with Gasteiger partial charge in [0.15, 0.2) is 5.78 Å². The summed E-state index contributed by atoms with van der Waals surface area (Å²) in [7, 11) is 1.46. The largest absolute Gasteiger partial charge is 0.497 e. The zero-order valence-corrected chi connectivity index (χ0v) is 21.8. The van der Waals surface area contributed by atoms with E-state index in [1.165, 1.54) is 24.9 Å². The van der Waals surface area contributed by atoms with Crippen LogP contribution in [0, 0.1) is 10.8 Å². The van der Waals surface area contributed by atoms with Crippen molar-refractivity contribution >= 4 is 41.0 Å². The minimum absolute atomic E-state index is 0.0205. The zero-order chi connectivity index (χ0) is 27.4. The molecule has 0 saturated carbocycles. The molecule has 4 N–H and O–H groups in total. The molecule has 0 bridgehead atoms. The molecule has 2 aromatic rings. The summed E-state index contributed by atoms with van der Waals surface area (Å²) in [4.78, 5) is 61.1. The number of nitrogens with one attached hydrogen (secondary N) is 3. The van der Waals surface area contributed by atoms with Gasteiger partial charge in [-0.1, -0.05) is 44.2 Å². The molecular weight excluding hydrogens is 498 g/mol. The average Bonchev–Trinajstić information content (AvgIpc) is 2.86. The Hall–Kier alpha value is -3.73. The predicted octanol–water partition coefficient (Wildman–Crippen LogP) is 1.32. The maximum atomic E-state index is 13.0. The second-order valence-corrected chi connectivity index (χ2v) is 9.68. The average molecular weight is 531 g/mol. The first-order chi connectivity index (χ1) is 17.6. The fourth-order valence-corrected chi connectivity index (χ4v) is 4.43. The van der Waals surface area contributed by atoms with Gasteiger partial charge in [-0.05, 0) is 23.6 Å². The van der Waals surface area contributed by atoms with Gasteiger partial charge >= 0.3 is 5.97 Å². The van der Waals surface area contributed by atoms with Gasteiger partial charge in [0.1, 0.15) is 11.8 Å². The molecule has 0 aliphatic rings. The topological polar surface area (TPSA) is 153 Å². The number of Topliss-reactive ketones (excluding diaryl/α,β-unsaturated/α-hetero) is 1. The molecule has 2 aromatic carbocycles. The number of nitroso groups, excluding NO2 is 1. The number of aliphatic carboxylic acids is 1. The first-order valence-corrected chi connectivity index (χ1v) is 12.8. The number of amides is 2. The Balaban J connectivity index is 2.05. The van der Waals surface area contributed by atoms with Gasteiger partial charge in [0.25, 0.3) is 5.69 Å². The van der Waals surface area contributed by atoms with Crippen molar-refractivity contribution in [3.05, 3.63) is 64.6 Å². The Bertz CT molecular complexity index is 1110. The molecule has 2 rings (SSSR count). The molecule has 0 heterocycles. The number of methoxy groups -OCH3 is 1. The fourth-order valence-electron chi connectivity index (χ4n) is 3.50. The second kappa shape index (κ2) is 14.7. The lowest BCUT2D eigenvalue weighted by atomic mass is 10.0. The molecule has 0 aliphatic carbocycles. The van der Waals surface area contributed by atoms with E-state index in [-0.39, 0.29) is 23.8 Å². The fraction of sp³-hybridized carbons (Fsp3) is 0.385. The van der Waals surface area contributed by atoms with Crippen molar-refractivity contribution in [3.63, 3.8) is 0 Å². The van der Waals surface area contributed by atoms with Crippen LogP contribution in [0.25, 0.3) is 0 Å². The van der Waals surface area contributed by atoms with Crippen molar-refractivity contribution in [3.8, 4) is 5.75 Å². The zero-order valence-electron chi connectivity index (χ0n) is 21.0. The summed E-state index contributed by atoms with van der Waals surface area (Å²) in [5.41, 5.74) is 1.60. The van der Waals surface area contributed by atoms with Gasteiger partial charge in [0.2, 0.25) is 11.8 Å². The van der Waals surface area contributed by atoms with Crippen LogP contribution in [-0.2, 0) is 31.4 Å². The molecule has 10 nitrogen and oxygen atoms in total. The van der Waals surface area contributed by atoms with E-state index in [0.717, 1.165) is 5.56 Å². The third kappa shape index (κ3) is 9.68. The normalized spacial score (nSPS) is 12.3. The van der Waals surface area contributed by atoms with E-state index < -0.39 is 42.1 Å². The van der Waals surface area contributed by atoms with Crippen LogP contribution in [-0.4, -0.2) is 53.6 Å². The molecule has 198 valence electrons. The van der Waals surface area contributed by atoms with Crippen LogP contribution in [0.4, 0.5) is 5.69 Å². The number of carbonyl (C=O) groups is 4. The predicted molar refractivity (Wildman–Crippen MR) is 139 cm³/mol. The third-order valence-electron chi connectivity index (χ3n) is 5.48. The summed E-state index contributed by atoms with van der Waals surface area (Å²) in [6.07, 6.45) is -0.774. The number of carboxylic acid groups (broad SMARTS) is 1. The number of thioether (sulfide) groups is 1. The molecule has 2 atom stereocenters. The molecule has 0 saturated heterocycles. The number of carboxylic acids is 1. The van der Waals surface area contributed by atoms with Crippen LogP contribution >= 0.6 is 11.8 Å². The van der Waals surface area contributed by atoms with Crippen LogP contribution < -0.4 is 20.5 Å². The number of ketones is 1. The van der Waals surface area contributed by atoms with E-state index in [0.29, 0.717) is 17.1 Å². The van der Waals surface area contributed by atoms with Gasteiger partial charge in [-0.15, -0.1) is 11.8 Å². The number of hydrogen-bond acceptors (Lipinski definition) is 7. The highest BCUT2D eigenvalue weighted by Gasteiger charge is 2.30. The number of benzene rings is 2. The number of ether oxygens (including phenoxy) is 1. The van der Waals surface area contributed by atoms with Gasteiger partial charge in [0.05, 0.1) is 31.7 Å². The minimum atomic E-state index is -1.24. The molecule has 37 heavy (non-hydrogen) atoms.